The zero-order valence-electron chi connectivity index (χ0n) is 9.79. The second kappa shape index (κ2) is 5.89. The van der Waals surface area contributed by atoms with Crippen LogP contribution in [0.25, 0.3) is 0 Å². The molecule has 0 spiro atoms. The van der Waals surface area contributed by atoms with Gasteiger partial charge in [0.15, 0.2) is 0 Å². The molecule has 0 aliphatic heterocycles. The molecule has 1 rings (SSSR count). The molecule has 19 heavy (non-hydrogen) atoms. The first-order valence-corrected chi connectivity index (χ1v) is 5.54. The Morgan fingerprint density at radius 3 is 2.21 bits per heavy atom. The Balaban J connectivity index is 2.33. The molecule has 0 heterocycles. The van der Waals surface area contributed by atoms with Crippen LogP contribution in [0.4, 0.5) is 13.2 Å². The number of nitrogens with one attached hydrogen (secondary N) is 2. The lowest BCUT2D eigenvalue weighted by Gasteiger charge is -2.13. The minimum absolute atomic E-state index is 0.167. The van der Waals surface area contributed by atoms with Gasteiger partial charge in [-0.05, 0) is 18.8 Å². The van der Waals surface area contributed by atoms with Gasteiger partial charge < -0.3 is 15.7 Å². The van der Waals surface area contributed by atoms with Gasteiger partial charge in [0.05, 0.1) is 0 Å². The summed E-state index contributed by atoms with van der Waals surface area (Å²) in [7, 11) is 0. The molecule has 0 radical (unpaired) electrons. The standard InChI is InChI=1S/C10H13F3N2O4/c11-10(12,13)4-14-6(16)3-7(17)15-8(9(18)19)5-1-2-5/h5,8H,1-4H2,(H,14,16)(H,15,17)(H,18,19). The molecule has 0 aromatic carbocycles. The molecule has 2 amide bonds. The fourth-order valence-electron chi connectivity index (χ4n) is 1.44. The predicted octanol–water partition coefficient (Wildman–Crippen LogP) is 0.0344. The molecule has 1 atom stereocenters. The Morgan fingerprint density at radius 1 is 1.21 bits per heavy atom. The molecular weight excluding hydrogens is 269 g/mol. The summed E-state index contributed by atoms with van der Waals surface area (Å²) in [6.45, 7) is -1.52. The third-order valence-corrected chi connectivity index (χ3v) is 2.48. The van der Waals surface area contributed by atoms with Crippen LogP contribution in [0, 0.1) is 5.92 Å². The van der Waals surface area contributed by atoms with Crippen molar-refractivity contribution in [2.24, 2.45) is 5.92 Å². The number of carbonyl (C=O) groups is 3. The highest BCUT2D eigenvalue weighted by atomic mass is 19.4. The summed E-state index contributed by atoms with van der Waals surface area (Å²) in [6.07, 6.45) is -4.05. The fraction of sp³-hybridized carbons (Fsp3) is 0.700. The minimum Gasteiger partial charge on any atom is -0.480 e. The van der Waals surface area contributed by atoms with E-state index in [-0.39, 0.29) is 5.92 Å². The second-order valence-electron chi connectivity index (χ2n) is 4.29. The molecule has 0 bridgehead atoms. The van der Waals surface area contributed by atoms with Crippen molar-refractivity contribution in [1.29, 1.82) is 0 Å². The van der Waals surface area contributed by atoms with E-state index < -0.39 is 43.0 Å². The van der Waals surface area contributed by atoms with E-state index in [2.05, 4.69) is 5.32 Å². The normalized spacial score (nSPS) is 16.6. The van der Waals surface area contributed by atoms with Crippen LogP contribution in [-0.4, -0.2) is 41.7 Å². The predicted molar refractivity (Wildman–Crippen MR) is 56.0 cm³/mol. The monoisotopic (exact) mass is 282 g/mol. The molecule has 0 aromatic heterocycles. The van der Waals surface area contributed by atoms with E-state index in [0.717, 1.165) is 0 Å². The first kappa shape index (κ1) is 15.3. The molecule has 1 aliphatic carbocycles. The van der Waals surface area contributed by atoms with E-state index in [1.165, 1.54) is 5.32 Å². The summed E-state index contributed by atoms with van der Waals surface area (Å²) < 4.78 is 35.4. The third-order valence-electron chi connectivity index (χ3n) is 2.48. The molecule has 3 N–H and O–H groups in total. The van der Waals surface area contributed by atoms with Crippen LogP contribution in [0.5, 0.6) is 0 Å². The third kappa shape index (κ3) is 6.07. The van der Waals surface area contributed by atoms with Crippen LogP contribution in [0.1, 0.15) is 19.3 Å². The Bertz CT molecular complexity index is 379. The van der Waals surface area contributed by atoms with Crippen molar-refractivity contribution in [2.45, 2.75) is 31.5 Å². The van der Waals surface area contributed by atoms with Gasteiger partial charge >= 0.3 is 12.1 Å². The average molecular weight is 282 g/mol. The number of alkyl halides is 3. The number of rotatable bonds is 6. The molecule has 108 valence electrons. The minimum atomic E-state index is -4.55. The topological polar surface area (TPSA) is 95.5 Å². The second-order valence-corrected chi connectivity index (χ2v) is 4.29. The number of carboxylic acid groups (broad SMARTS) is 1. The maximum atomic E-state index is 11.8. The van der Waals surface area contributed by atoms with Gasteiger partial charge in [0, 0.05) is 0 Å². The number of amides is 2. The largest absolute Gasteiger partial charge is 0.480 e. The first-order chi connectivity index (χ1) is 8.69. The van der Waals surface area contributed by atoms with Crippen molar-refractivity contribution >= 4 is 17.8 Å². The highest BCUT2D eigenvalue weighted by Crippen LogP contribution is 2.32. The van der Waals surface area contributed by atoms with Crippen LogP contribution in [-0.2, 0) is 14.4 Å². The SMILES string of the molecule is O=C(CC(=O)NC(C(=O)O)C1CC1)NCC(F)(F)F. The summed E-state index contributed by atoms with van der Waals surface area (Å²) >= 11 is 0. The quantitative estimate of drug-likeness (QED) is 0.599. The molecule has 1 aliphatic rings. The van der Waals surface area contributed by atoms with E-state index in [9.17, 15) is 27.6 Å². The number of aliphatic carboxylic acids is 1. The first-order valence-electron chi connectivity index (χ1n) is 5.54. The maximum absolute atomic E-state index is 11.8. The van der Waals surface area contributed by atoms with Crippen LogP contribution >= 0.6 is 0 Å². The van der Waals surface area contributed by atoms with E-state index in [0.29, 0.717) is 12.8 Å². The number of halogens is 3. The molecule has 9 heteroatoms. The molecule has 0 aromatic rings. The highest BCUT2D eigenvalue weighted by molar-refractivity contribution is 5.98. The number of carbonyl (C=O) groups excluding carboxylic acids is 2. The van der Waals surface area contributed by atoms with E-state index in [4.69, 9.17) is 5.11 Å². The Morgan fingerprint density at radius 2 is 1.79 bits per heavy atom. The van der Waals surface area contributed by atoms with Crippen molar-refractivity contribution in [2.75, 3.05) is 6.54 Å². The average Bonchev–Trinajstić information content (AvgIpc) is 3.05. The van der Waals surface area contributed by atoms with Crippen molar-refractivity contribution in [1.82, 2.24) is 10.6 Å². The summed E-state index contributed by atoms with van der Waals surface area (Å²) in [5.74, 6) is -3.39. The summed E-state index contributed by atoms with van der Waals surface area (Å²) in [6, 6.07) is -1.08. The molecule has 1 saturated carbocycles. The lowest BCUT2D eigenvalue weighted by molar-refractivity contribution is -0.144. The van der Waals surface area contributed by atoms with E-state index >= 15 is 0 Å². The van der Waals surface area contributed by atoms with Gasteiger partial charge in [0.25, 0.3) is 0 Å². The summed E-state index contributed by atoms with van der Waals surface area (Å²) in [4.78, 5) is 33.1. The molecule has 0 saturated heterocycles. The lowest BCUT2D eigenvalue weighted by Crippen LogP contribution is -2.44. The van der Waals surface area contributed by atoms with Crippen molar-refractivity contribution in [3.8, 4) is 0 Å². The van der Waals surface area contributed by atoms with Gasteiger partial charge in [0.2, 0.25) is 11.8 Å². The Hall–Kier alpha value is -1.80. The van der Waals surface area contributed by atoms with E-state index in [1.807, 2.05) is 0 Å². The van der Waals surface area contributed by atoms with Gasteiger partial charge in [-0.2, -0.15) is 13.2 Å². The van der Waals surface area contributed by atoms with Crippen LogP contribution < -0.4 is 10.6 Å². The maximum Gasteiger partial charge on any atom is 0.405 e. The van der Waals surface area contributed by atoms with Crippen LogP contribution in [0.15, 0.2) is 0 Å². The smallest absolute Gasteiger partial charge is 0.405 e. The highest BCUT2D eigenvalue weighted by Gasteiger charge is 2.37. The van der Waals surface area contributed by atoms with Crippen molar-refractivity contribution in [3.05, 3.63) is 0 Å². The van der Waals surface area contributed by atoms with Crippen molar-refractivity contribution in [3.63, 3.8) is 0 Å². The number of hydrogen-bond acceptors (Lipinski definition) is 3. The van der Waals surface area contributed by atoms with Gasteiger partial charge in [-0.15, -0.1) is 0 Å². The van der Waals surface area contributed by atoms with Gasteiger partial charge in [-0.25, -0.2) is 4.79 Å². The molecule has 1 unspecified atom stereocenters. The van der Waals surface area contributed by atoms with Crippen LogP contribution in [0.3, 0.4) is 0 Å². The molecule has 6 nitrogen and oxygen atoms in total. The van der Waals surface area contributed by atoms with Crippen molar-refractivity contribution < 1.29 is 32.7 Å². The Kier molecular flexibility index (Phi) is 4.73. The fourth-order valence-corrected chi connectivity index (χ4v) is 1.44. The van der Waals surface area contributed by atoms with Gasteiger partial charge in [-0.1, -0.05) is 0 Å². The lowest BCUT2D eigenvalue weighted by atomic mass is 10.2. The zero-order valence-corrected chi connectivity index (χ0v) is 9.79. The molecule has 1 fully saturated rings. The summed E-state index contributed by atoms with van der Waals surface area (Å²) in [5.41, 5.74) is 0. The zero-order chi connectivity index (χ0) is 14.6. The van der Waals surface area contributed by atoms with Gasteiger partial charge in [-0.3, -0.25) is 9.59 Å². The number of carboxylic acids is 1. The van der Waals surface area contributed by atoms with Crippen LogP contribution in [0.2, 0.25) is 0 Å². The number of hydrogen-bond donors (Lipinski definition) is 3. The van der Waals surface area contributed by atoms with E-state index in [1.54, 1.807) is 0 Å². The molecular formula is C10H13F3N2O4. The van der Waals surface area contributed by atoms with Gasteiger partial charge in [0.1, 0.15) is 19.0 Å². The Labute approximate surface area is 106 Å². The summed E-state index contributed by atoms with van der Waals surface area (Å²) in [5, 5.41) is 12.5.